The lowest BCUT2D eigenvalue weighted by atomic mass is 10.1. The third kappa shape index (κ3) is 3.07. The van der Waals surface area contributed by atoms with Crippen LogP contribution in [0.4, 0.5) is 22.0 Å². The van der Waals surface area contributed by atoms with E-state index >= 15 is 0 Å². The molecular formula is C10H5F5N4O2. The minimum atomic E-state index is -5.10. The first-order chi connectivity index (χ1) is 9.69. The number of carbonyl (C=O) groups excluding carboxylic acids is 1. The number of benzene rings is 1. The van der Waals surface area contributed by atoms with Crippen molar-refractivity contribution in [2.24, 2.45) is 5.73 Å². The summed E-state index contributed by atoms with van der Waals surface area (Å²) < 4.78 is 66.9. The number of halogens is 5. The highest BCUT2D eigenvalue weighted by Gasteiger charge is 2.32. The normalized spacial score (nSPS) is 11.5. The Morgan fingerprint density at radius 2 is 1.76 bits per heavy atom. The molecule has 0 fully saturated rings. The number of aromatic amines is 1. The second-order valence-electron chi connectivity index (χ2n) is 3.69. The summed E-state index contributed by atoms with van der Waals surface area (Å²) in [4.78, 5) is 11.0. The maximum Gasteiger partial charge on any atom is 0.573 e. The largest absolute Gasteiger partial charge is 0.573 e. The molecular weight excluding hydrogens is 303 g/mol. The molecule has 21 heavy (non-hydrogen) atoms. The molecule has 1 aromatic heterocycles. The van der Waals surface area contributed by atoms with E-state index in [2.05, 4.69) is 14.9 Å². The zero-order valence-electron chi connectivity index (χ0n) is 9.83. The number of nitrogens with zero attached hydrogens (tertiary/aromatic N) is 2. The van der Waals surface area contributed by atoms with Crippen LogP contribution in [-0.4, -0.2) is 27.7 Å². The smallest absolute Gasteiger partial charge is 0.406 e. The second kappa shape index (κ2) is 5.00. The Labute approximate surface area is 112 Å². The van der Waals surface area contributed by atoms with Gasteiger partial charge in [0.2, 0.25) is 0 Å². The van der Waals surface area contributed by atoms with Crippen LogP contribution >= 0.6 is 0 Å². The van der Waals surface area contributed by atoms with E-state index in [1.807, 2.05) is 5.21 Å². The van der Waals surface area contributed by atoms with Crippen molar-refractivity contribution < 1.29 is 31.5 Å². The highest BCUT2D eigenvalue weighted by Crippen LogP contribution is 2.32. The maximum absolute atomic E-state index is 13.8. The third-order valence-corrected chi connectivity index (χ3v) is 2.27. The molecule has 112 valence electrons. The van der Waals surface area contributed by atoms with Gasteiger partial charge >= 0.3 is 6.36 Å². The lowest BCUT2D eigenvalue weighted by molar-refractivity contribution is -0.274. The molecule has 0 bridgehead atoms. The monoisotopic (exact) mass is 308 g/mol. The zero-order valence-corrected chi connectivity index (χ0v) is 9.83. The fraction of sp³-hybridized carbons (Fsp3) is 0.100. The maximum atomic E-state index is 13.8. The number of carbonyl (C=O) groups is 1. The summed E-state index contributed by atoms with van der Waals surface area (Å²) in [6.45, 7) is 0. The van der Waals surface area contributed by atoms with Gasteiger partial charge in [0.15, 0.2) is 5.69 Å². The van der Waals surface area contributed by atoms with Gasteiger partial charge in [-0.1, -0.05) is 0 Å². The van der Waals surface area contributed by atoms with Gasteiger partial charge in [-0.3, -0.25) is 4.79 Å². The molecule has 0 aliphatic rings. The standard InChI is InChI=1S/C10H5F5N4O2/c11-4-1-3(21-10(13,14)15)2-5(12)6(4)7-8(9(16)20)18-19-17-7/h1-2H,(H2,16,20)(H,17,18,19). The molecule has 0 spiro atoms. The van der Waals surface area contributed by atoms with Gasteiger partial charge < -0.3 is 10.5 Å². The molecule has 0 unspecified atom stereocenters. The van der Waals surface area contributed by atoms with Crippen molar-refractivity contribution in [2.45, 2.75) is 6.36 Å². The van der Waals surface area contributed by atoms with Gasteiger partial charge in [0, 0.05) is 12.1 Å². The minimum absolute atomic E-state index is 0.297. The average Bonchev–Trinajstić information content (AvgIpc) is 2.74. The summed E-state index contributed by atoms with van der Waals surface area (Å²) in [6.07, 6.45) is -5.10. The number of hydrogen-bond donors (Lipinski definition) is 2. The minimum Gasteiger partial charge on any atom is -0.406 e. The summed E-state index contributed by atoms with van der Waals surface area (Å²) in [5.74, 6) is -5.06. The molecule has 2 rings (SSSR count). The van der Waals surface area contributed by atoms with Crippen LogP contribution in [0.5, 0.6) is 5.75 Å². The first-order valence-electron chi connectivity index (χ1n) is 5.15. The van der Waals surface area contributed by atoms with Crippen LogP contribution < -0.4 is 10.5 Å². The van der Waals surface area contributed by atoms with Crippen LogP contribution in [-0.2, 0) is 0 Å². The van der Waals surface area contributed by atoms with E-state index < -0.39 is 46.6 Å². The number of hydrogen-bond acceptors (Lipinski definition) is 4. The van der Waals surface area contributed by atoms with Gasteiger partial charge in [0.25, 0.3) is 5.91 Å². The Morgan fingerprint density at radius 1 is 1.19 bits per heavy atom. The van der Waals surface area contributed by atoms with Gasteiger partial charge in [0.1, 0.15) is 23.1 Å². The van der Waals surface area contributed by atoms with Gasteiger partial charge in [0.05, 0.1) is 5.56 Å². The molecule has 1 heterocycles. The number of ether oxygens (including phenoxy) is 1. The van der Waals surface area contributed by atoms with E-state index in [0.717, 1.165) is 0 Å². The van der Waals surface area contributed by atoms with E-state index in [-0.39, 0.29) is 0 Å². The SMILES string of the molecule is NC(=O)c1n[nH]nc1-c1c(F)cc(OC(F)(F)F)cc1F. The van der Waals surface area contributed by atoms with Crippen molar-refractivity contribution in [1.29, 1.82) is 0 Å². The number of nitrogens with two attached hydrogens (primary N) is 1. The van der Waals surface area contributed by atoms with Gasteiger partial charge in [-0.2, -0.15) is 15.4 Å². The van der Waals surface area contributed by atoms with Gasteiger partial charge in [-0.15, -0.1) is 13.2 Å². The number of nitrogens with one attached hydrogen (secondary N) is 1. The van der Waals surface area contributed by atoms with E-state index in [1.54, 1.807) is 0 Å². The second-order valence-corrected chi connectivity index (χ2v) is 3.69. The fourth-order valence-electron chi connectivity index (χ4n) is 1.55. The summed E-state index contributed by atoms with van der Waals surface area (Å²) >= 11 is 0. The van der Waals surface area contributed by atoms with Crippen LogP contribution in [0, 0.1) is 11.6 Å². The van der Waals surface area contributed by atoms with Crippen molar-refractivity contribution >= 4 is 5.91 Å². The molecule has 2 aromatic rings. The van der Waals surface area contributed by atoms with Crippen molar-refractivity contribution in [2.75, 3.05) is 0 Å². The summed E-state index contributed by atoms with van der Waals surface area (Å²) in [5.41, 5.74) is 2.96. The highest BCUT2D eigenvalue weighted by molar-refractivity contribution is 5.96. The van der Waals surface area contributed by atoms with Crippen LogP contribution in [0.25, 0.3) is 11.3 Å². The first kappa shape index (κ1) is 14.7. The van der Waals surface area contributed by atoms with Crippen LogP contribution in [0.1, 0.15) is 10.5 Å². The quantitative estimate of drug-likeness (QED) is 0.845. The van der Waals surface area contributed by atoms with Gasteiger partial charge in [-0.05, 0) is 0 Å². The Morgan fingerprint density at radius 3 is 2.24 bits per heavy atom. The van der Waals surface area contributed by atoms with E-state index in [1.165, 1.54) is 0 Å². The number of H-pyrrole nitrogens is 1. The molecule has 0 saturated carbocycles. The third-order valence-electron chi connectivity index (χ3n) is 2.27. The topological polar surface area (TPSA) is 93.9 Å². The molecule has 3 N–H and O–H groups in total. The number of alkyl halides is 3. The first-order valence-corrected chi connectivity index (χ1v) is 5.15. The highest BCUT2D eigenvalue weighted by atomic mass is 19.4. The van der Waals surface area contributed by atoms with E-state index in [0.29, 0.717) is 12.1 Å². The summed E-state index contributed by atoms with van der Waals surface area (Å²) in [5, 5.41) is 8.59. The molecule has 6 nitrogen and oxygen atoms in total. The van der Waals surface area contributed by atoms with E-state index in [4.69, 9.17) is 5.73 Å². The van der Waals surface area contributed by atoms with E-state index in [9.17, 15) is 26.7 Å². The lowest BCUT2D eigenvalue weighted by Crippen LogP contribution is -2.17. The van der Waals surface area contributed by atoms with Crippen molar-refractivity contribution in [3.8, 4) is 17.0 Å². The average molecular weight is 308 g/mol. The Balaban J connectivity index is 2.51. The molecule has 0 aliphatic heterocycles. The van der Waals surface area contributed by atoms with Gasteiger partial charge in [-0.25, -0.2) is 8.78 Å². The van der Waals surface area contributed by atoms with Crippen LogP contribution in [0.3, 0.4) is 0 Å². The van der Waals surface area contributed by atoms with Crippen LogP contribution in [0.15, 0.2) is 12.1 Å². The molecule has 0 aliphatic carbocycles. The molecule has 1 amide bonds. The molecule has 0 atom stereocenters. The fourth-order valence-corrected chi connectivity index (χ4v) is 1.55. The molecule has 0 radical (unpaired) electrons. The predicted octanol–water partition coefficient (Wildman–Crippen LogP) is 1.75. The number of amides is 1. The molecule has 1 aromatic carbocycles. The molecule has 0 saturated heterocycles. The number of aromatic nitrogens is 3. The Bertz CT molecular complexity index is 674. The zero-order chi connectivity index (χ0) is 15.8. The van der Waals surface area contributed by atoms with Crippen molar-refractivity contribution in [3.63, 3.8) is 0 Å². The molecule has 11 heteroatoms. The van der Waals surface area contributed by atoms with Crippen molar-refractivity contribution in [3.05, 3.63) is 29.5 Å². The summed E-state index contributed by atoms with van der Waals surface area (Å²) in [7, 11) is 0. The Hall–Kier alpha value is -2.72. The number of rotatable bonds is 3. The Kier molecular flexibility index (Phi) is 3.49. The van der Waals surface area contributed by atoms with Crippen molar-refractivity contribution in [1.82, 2.24) is 15.4 Å². The lowest BCUT2D eigenvalue weighted by Gasteiger charge is -2.10. The number of primary amides is 1. The predicted molar refractivity (Wildman–Crippen MR) is 56.9 cm³/mol. The van der Waals surface area contributed by atoms with Crippen LogP contribution in [0.2, 0.25) is 0 Å². The summed E-state index contributed by atoms with van der Waals surface area (Å²) in [6, 6.07) is 0.594.